The molecule has 16 heavy (non-hydrogen) atoms. The molecule has 0 saturated heterocycles. The van der Waals surface area contributed by atoms with Gasteiger partial charge in [-0.15, -0.1) is 0 Å². The van der Waals surface area contributed by atoms with Crippen molar-refractivity contribution in [1.29, 1.82) is 0 Å². The molecule has 0 spiro atoms. The standard InChI is InChI=1S/C8H14F6N2/c1-3-5(15)6(8(12,13)14)16(2)4-7(9,10)11/h5-6H,3-4,15H2,1-2H3. The summed E-state index contributed by atoms with van der Waals surface area (Å²) in [5.41, 5.74) is 5.19. The van der Waals surface area contributed by atoms with Gasteiger partial charge in [0, 0.05) is 6.04 Å². The molecule has 0 aromatic heterocycles. The van der Waals surface area contributed by atoms with Gasteiger partial charge in [0.2, 0.25) is 0 Å². The molecule has 0 rings (SSSR count). The summed E-state index contributed by atoms with van der Waals surface area (Å²) in [5.74, 6) is 0. The maximum Gasteiger partial charge on any atom is 0.405 e. The Morgan fingerprint density at radius 3 is 1.81 bits per heavy atom. The fraction of sp³-hybridized carbons (Fsp3) is 1.00. The molecule has 2 N–H and O–H groups in total. The van der Waals surface area contributed by atoms with Crippen LogP contribution in [0.25, 0.3) is 0 Å². The highest BCUT2D eigenvalue weighted by Crippen LogP contribution is 2.29. The van der Waals surface area contributed by atoms with E-state index in [1.165, 1.54) is 6.92 Å². The molecule has 98 valence electrons. The molecular formula is C8H14F6N2. The molecule has 2 unspecified atom stereocenters. The lowest BCUT2D eigenvalue weighted by Gasteiger charge is -2.34. The molecule has 2 nitrogen and oxygen atoms in total. The smallest absolute Gasteiger partial charge is 0.326 e. The van der Waals surface area contributed by atoms with Crippen molar-refractivity contribution in [2.75, 3.05) is 13.6 Å². The van der Waals surface area contributed by atoms with Crippen LogP contribution in [-0.2, 0) is 0 Å². The summed E-state index contributed by atoms with van der Waals surface area (Å²) < 4.78 is 73.4. The van der Waals surface area contributed by atoms with Crippen LogP contribution in [-0.4, -0.2) is 42.9 Å². The van der Waals surface area contributed by atoms with Crippen molar-refractivity contribution < 1.29 is 26.3 Å². The van der Waals surface area contributed by atoms with Crippen LogP contribution in [0.5, 0.6) is 0 Å². The van der Waals surface area contributed by atoms with Gasteiger partial charge in [0.25, 0.3) is 0 Å². The molecule has 2 atom stereocenters. The second-order valence-corrected chi connectivity index (χ2v) is 3.59. The first-order valence-corrected chi connectivity index (χ1v) is 4.58. The van der Waals surface area contributed by atoms with Gasteiger partial charge in [0.15, 0.2) is 0 Å². The largest absolute Gasteiger partial charge is 0.405 e. The Balaban J connectivity index is 4.78. The average Bonchev–Trinajstić information content (AvgIpc) is 1.97. The van der Waals surface area contributed by atoms with Gasteiger partial charge in [0.05, 0.1) is 6.54 Å². The Morgan fingerprint density at radius 1 is 1.12 bits per heavy atom. The predicted octanol–water partition coefficient (Wildman–Crippen LogP) is 2.15. The molecule has 8 heteroatoms. The lowest BCUT2D eigenvalue weighted by atomic mass is 10.0. The fourth-order valence-corrected chi connectivity index (χ4v) is 1.42. The van der Waals surface area contributed by atoms with E-state index in [1.807, 2.05) is 0 Å². The lowest BCUT2D eigenvalue weighted by molar-refractivity contribution is -0.209. The number of nitrogens with zero attached hydrogens (tertiary/aromatic N) is 1. The summed E-state index contributed by atoms with van der Waals surface area (Å²) in [6, 6.07) is -3.65. The van der Waals surface area contributed by atoms with Gasteiger partial charge < -0.3 is 5.73 Å². The zero-order valence-corrected chi connectivity index (χ0v) is 8.86. The van der Waals surface area contributed by atoms with Crippen LogP contribution in [0.15, 0.2) is 0 Å². The van der Waals surface area contributed by atoms with Crippen molar-refractivity contribution in [1.82, 2.24) is 4.90 Å². The van der Waals surface area contributed by atoms with Crippen LogP contribution in [0, 0.1) is 0 Å². The molecule has 0 aliphatic carbocycles. The average molecular weight is 252 g/mol. The normalized spacial score (nSPS) is 17.6. The van der Waals surface area contributed by atoms with Crippen molar-refractivity contribution in [3.63, 3.8) is 0 Å². The number of rotatable bonds is 4. The number of nitrogens with two attached hydrogens (primary N) is 1. The van der Waals surface area contributed by atoms with Gasteiger partial charge in [0.1, 0.15) is 6.04 Å². The molecule has 0 bridgehead atoms. The molecule has 0 aromatic rings. The van der Waals surface area contributed by atoms with Crippen molar-refractivity contribution in [3.8, 4) is 0 Å². The van der Waals surface area contributed by atoms with E-state index < -0.39 is 31.0 Å². The summed E-state index contributed by atoms with van der Waals surface area (Å²) in [7, 11) is 0.765. The SMILES string of the molecule is CCC(N)C(N(C)CC(F)(F)F)C(F)(F)F. The first kappa shape index (κ1) is 15.5. The summed E-state index contributed by atoms with van der Waals surface area (Å²) in [6.45, 7) is -0.240. The van der Waals surface area contributed by atoms with Crippen LogP contribution >= 0.6 is 0 Å². The van der Waals surface area contributed by atoms with Gasteiger partial charge >= 0.3 is 12.4 Å². The van der Waals surface area contributed by atoms with Crippen molar-refractivity contribution >= 4 is 0 Å². The minimum atomic E-state index is -4.77. The molecule has 0 heterocycles. The van der Waals surface area contributed by atoms with Crippen LogP contribution < -0.4 is 5.73 Å². The zero-order valence-electron chi connectivity index (χ0n) is 8.86. The highest BCUT2D eigenvalue weighted by Gasteiger charge is 2.47. The van der Waals surface area contributed by atoms with Gasteiger partial charge in [-0.05, 0) is 13.5 Å². The van der Waals surface area contributed by atoms with Crippen LogP contribution in [0.4, 0.5) is 26.3 Å². The van der Waals surface area contributed by atoms with E-state index in [0.717, 1.165) is 7.05 Å². The topological polar surface area (TPSA) is 29.3 Å². The quantitative estimate of drug-likeness (QED) is 0.777. The van der Waals surface area contributed by atoms with Crippen LogP contribution in [0.3, 0.4) is 0 Å². The maximum atomic E-state index is 12.5. The first-order chi connectivity index (χ1) is 6.99. The lowest BCUT2D eigenvalue weighted by Crippen LogP contribution is -2.56. The molecule has 0 aromatic carbocycles. The second-order valence-electron chi connectivity index (χ2n) is 3.59. The third kappa shape index (κ3) is 5.02. The van der Waals surface area contributed by atoms with E-state index in [1.54, 1.807) is 0 Å². The van der Waals surface area contributed by atoms with E-state index >= 15 is 0 Å². The Bertz CT molecular complexity index is 212. The summed E-state index contributed by atoms with van der Waals surface area (Å²) >= 11 is 0. The van der Waals surface area contributed by atoms with Crippen molar-refractivity contribution in [2.45, 2.75) is 37.8 Å². The number of hydrogen-bond donors (Lipinski definition) is 1. The maximum absolute atomic E-state index is 12.5. The van der Waals surface area contributed by atoms with Gasteiger partial charge in [-0.1, -0.05) is 6.92 Å². The summed E-state index contributed by atoms with van der Waals surface area (Å²) in [4.78, 5) is 0.189. The second kappa shape index (κ2) is 5.22. The zero-order chi connectivity index (χ0) is 13.1. The number of likely N-dealkylation sites (N-methyl/N-ethyl adjacent to an activating group) is 1. The highest BCUT2D eigenvalue weighted by atomic mass is 19.4. The number of alkyl halides is 6. The van der Waals surface area contributed by atoms with Crippen molar-refractivity contribution in [2.24, 2.45) is 5.73 Å². The van der Waals surface area contributed by atoms with E-state index in [4.69, 9.17) is 5.73 Å². The van der Waals surface area contributed by atoms with Crippen LogP contribution in [0.2, 0.25) is 0 Å². The van der Waals surface area contributed by atoms with Gasteiger partial charge in [-0.25, -0.2) is 0 Å². The van der Waals surface area contributed by atoms with E-state index in [2.05, 4.69) is 0 Å². The summed E-state index contributed by atoms with van der Waals surface area (Å²) in [6.07, 6.45) is -9.49. The molecule has 0 aliphatic heterocycles. The Morgan fingerprint density at radius 2 is 1.56 bits per heavy atom. The molecule has 0 amide bonds. The minimum absolute atomic E-state index is 0.0492. The molecule has 0 aliphatic rings. The fourth-order valence-electron chi connectivity index (χ4n) is 1.42. The highest BCUT2D eigenvalue weighted by molar-refractivity contribution is 4.86. The molecular weight excluding hydrogens is 238 g/mol. The third-order valence-corrected chi connectivity index (χ3v) is 2.12. The third-order valence-electron chi connectivity index (χ3n) is 2.12. The van der Waals surface area contributed by atoms with Crippen LogP contribution in [0.1, 0.15) is 13.3 Å². The molecule has 0 fully saturated rings. The Kier molecular flexibility index (Phi) is 5.06. The predicted molar refractivity (Wildman–Crippen MR) is 46.8 cm³/mol. The molecule has 0 saturated carbocycles. The van der Waals surface area contributed by atoms with E-state index in [0.29, 0.717) is 0 Å². The minimum Gasteiger partial charge on any atom is -0.326 e. The number of hydrogen-bond acceptors (Lipinski definition) is 2. The molecule has 0 radical (unpaired) electrons. The Labute approximate surface area is 89.4 Å². The monoisotopic (exact) mass is 252 g/mol. The van der Waals surface area contributed by atoms with Gasteiger partial charge in [-0.3, -0.25) is 4.90 Å². The van der Waals surface area contributed by atoms with E-state index in [9.17, 15) is 26.3 Å². The van der Waals surface area contributed by atoms with E-state index in [-0.39, 0.29) is 11.3 Å². The number of halogens is 6. The first-order valence-electron chi connectivity index (χ1n) is 4.58. The van der Waals surface area contributed by atoms with Crippen molar-refractivity contribution in [3.05, 3.63) is 0 Å². The summed E-state index contributed by atoms with van der Waals surface area (Å²) in [5, 5.41) is 0. The Hall–Kier alpha value is -0.500. The van der Waals surface area contributed by atoms with Gasteiger partial charge in [-0.2, -0.15) is 26.3 Å².